The molecule has 3 fully saturated rings. The minimum Gasteiger partial charge on any atom is -0.452 e. The summed E-state index contributed by atoms with van der Waals surface area (Å²) in [6, 6.07) is 23.0. The van der Waals surface area contributed by atoms with E-state index in [0.29, 0.717) is 16.4 Å². The predicted octanol–water partition coefficient (Wildman–Crippen LogP) is 5.06. The van der Waals surface area contributed by atoms with Crippen LogP contribution in [0, 0.1) is 23.7 Å². The van der Waals surface area contributed by atoms with E-state index >= 15 is 0 Å². The molecule has 3 amide bonds. The van der Waals surface area contributed by atoms with E-state index in [2.05, 4.69) is 17.4 Å². The lowest BCUT2D eigenvalue weighted by Gasteiger charge is -2.28. The number of halogens is 1. The Morgan fingerprint density at radius 2 is 1.63 bits per heavy atom. The lowest BCUT2D eigenvalue weighted by atomic mass is 9.73. The van der Waals surface area contributed by atoms with Crippen LogP contribution in [0.15, 0.2) is 78.9 Å². The molecule has 1 heterocycles. The Balaban J connectivity index is 1.14. The molecule has 0 unspecified atom stereocenters. The number of nitrogens with zero attached hydrogens (tertiary/aromatic N) is 1. The lowest BCUT2D eigenvalue weighted by molar-refractivity contribution is -0.123. The van der Waals surface area contributed by atoms with Crippen molar-refractivity contribution in [3.63, 3.8) is 0 Å². The molecular weight excluding hydrogens is 504 g/mol. The molecule has 8 heteroatoms. The number of hydrogen-bond acceptors (Lipinski definition) is 5. The number of carbonyl (C=O) groups excluding carboxylic acids is 4. The van der Waals surface area contributed by atoms with E-state index in [1.54, 1.807) is 36.4 Å². The van der Waals surface area contributed by atoms with E-state index in [-0.39, 0.29) is 47.0 Å². The summed E-state index contributed by atoms with van der Waals surface area (Å²) in [5.74, 6) is -1.64. The molecule has 5 atom stereocenters. The third-order valence-corrected chi connectivity index (χ3v) is 8.30. The van der Waals surface area contributed by atoms with Gasteiger partial charge in [0.2, 0.25) is 11.8 Å². The molecule has 3 aromatic rings. The van der Waals surface area contributed by atoms with E-state index in [4.69, 9.17) is 16.3 Å². The summed E-state index contributed by atoms with van der Waals surface area (Å²) in [4.78, 5) is 53.1. The number of carbonyl (C=O) groups is 4. The Bertz CT molecular complexity index is 1420. The predicted molar refractivity (Wildman–Crippen MR) is 142 cm³/mol. The molecule has 1 N–H and O–H groups in total. The summed E-state index contributed by atoms with van der Waals surface area (Å²) >= 11 is 5.85. The number of hydrogen-bond donors (Lipinski definition) is 1. The Morgan fingerprint density at radius 3 is 2.39 bits per heavy atom. The number of esters is 1. The minimum atomic E-state index is -0.721. The van der Waals surface area contributed by atoms with Gasteiger partial charge < -0.3 is 10.1 Å². The monoisotopic (exact) mass is 528 g/mol. The van der Waals surface area contributed by atoms with E-state index in [0.717, 1.165) is 12.8 Å². The zero-order chi connectivity index (χ0) is 26.4. The lowest BCUT2D eigenvalue weighted by Crippen LogP contribution is -2.33. The fourth-order valence-corrected chi connectivity index (χ4v) is 6.64. The van der Waals surface area contributed by atoms with Gasteiger partial charge in [-0.2, -0.15) is 0 Å². The van der Waals surface area contributed by atoms with Crippen molar-refractivity contribution in [2.24, 2.45) is 23.7 Å². The van der Waals surface area contributed by atoms with Crippen LogP contribution < -0.4 is 10.2 Å². The van der Waals surface area contributed by atoms with Gasteiger partial charge >= 0.3 is 5.97 Å². The van der Waals surface area contributed by atoms with Crippen molar-refractivity contribution in [3.05, 3.63) is 95.0 Å². The fraction of sp³-hybridized carbons (Fsp3) is 0.267. The molecule has 3 aromatic carbocycles. The fourth-order valence-electron chi connectivity index (χ4n) is 6.51. The molecule has 192 valence electrons. The normalized spacial score (nSPS) is 25.4. The number of fused-ring (bicyclic) bond motifs is 5. The zero-order valence-electron chi connectivity index (χ0n) is 20.4. The summed E-state index contributed by atoms with van der Waals surface area (Å²) in [6.07, 6.45) is 1.80. The summed E-state index contributed by atoms with van der Waals surface area (Å²) in [5, 5.41) is 3.16. The van der Waals surface area contributed by atoms with Crippen molar-refractivity contribution in [3.8, 4) is 0 Å². The second-order valence-corrected chi connectivity index (χ2v) is 10.6. The van der Waals surface area contributed by atoms with Gasteiger partial charge in [0.25, 0.3) is 5.91 Å². The van der Waals surface area contributed by atoms with Crippen LogP contribution in [0.5, 0.6) is 0 Å². The van der Waals surface area contributed by atoms with Crippen molar-refractivity contribution in [2.45, 2.75) is 18.8 Å². The first kappa shape index (κ1) is 24.4. The number of ether oxygens (including phenoxy) is 1. The first-order chi connectivity index (χ1) is 18.4. The number of nitrogens with one attached hydrogen (secondary N) is 1. The van der Waals surface area contributed by atoms with Gasteiger partial charge in [0.1, 0.15) is 0 Å². The number of anilines is 2. The van der Waals surface area contributed by atoms with Gasteiger partial charge in [-0.15, -0.1) is 0 Å². The molecule has 2 saturated carbocycles. The number of benzene rings is 3. The SMILES string of the molecule is O=C(COC(=O)c1cccc(N2C(=O)[C@@H]3[C@@H]4C[C@@H]([C@@H]3C2=O)[C@@H](c2ccccc2)C4)c1)Nc1ccc(Cl)cc1. The minimum absolute atomic E-state index is 0.140. The van der Waals surface area contributed by atoms with Crippen molar-refractivity contribution in [1.82, 2.24) is 0 Å². The van der Waals surface area contributed by atoms with Gasteiger partial charge in [0.15, 0.2) is 6.61 Å². The average Bonchev–Trinajstić information content (AvgIpc) is 3.60. The maximum atomic E-state index is 13.6. The molecule has 0 spiro atoms. The second kappa shape index (κ2) is 9.72. The molecule has 6 rings (SSSR count). The Labute approximate surface area is 224 Å². The van der Waals surface area contributed by atoms with Gasteiger partial charge in [-0.05, 0) is 78.6 Å². The first-order valence-corrected chi connectivity index (χ1v) is 13.0. The van der Waals surface area contributed by atoms with Gasteiger partial charge in [-0.25, -0.2) is 4.79 Å². The Hall–Kier alpha value is -3.97. The summed E-state index contributed by atoms with van der Waals surface area (Å²) in [6.45, 7) is -0.484. The summed E-state index contributed by atoms with van der Waals surface area (Å²) in [7, 11) is 0. The molecule has 3 aliphatic rings. The zero-order valence-corrected chi connectivity index (χ0v) is 21.1. The smallest absolute Gasteiger partial charge is 0.338 e. The van der Waals surface area contributed by atoms with Crippen LogP contribution in [-0.2, 0) is 19.1 Å². The summed E-state index contributed by atoms with van der Waals surface area (Å²) < 4.78 is 5.17. The van der Waals surface area contributed by atoms with Crippen LogP contribution in [0.4, 0.5) is 11.4 Å². The third-order valence-electron chi connectivity index (χ3n) is 8.05. The van der Waals surface area contributed by atoms with Crippen LogP contribution >= 0.6 is 11.6 Å². The van der Waals surface area contributed by atoms with Crippen LogP contribution in [-0.4, -0.2) is 30.3 Å². The Kier molecular flexibility index (Phi) is 6.24. The molecule has 1 saturated heterocycles. The molecule has 0 aromatic heterocycles. The van der Waals surface area contributed by atoms with Crippen LogP contribution in [0.25, 0.3) is 0 Å². The van der Waals surface area contributed by atoms with E-state index < -0.39 is 18.5 Å². The molecule has 1 aliphatic heterocycles. The van der Waals surface area contributed by atoms with Crippen LogP contribution in [0.1, 0.15) is 34.7 Å². The second-order valence-electron chi connectivity index (χ2n) is 10.2. The standard InChI is InChI=1S/C30H25ClN2O5/c31-20-9-11-21(12-10-20)32-25(34)16-38-30(37)18-7-4-8-22(13-18)33-28(35)26-19-14-23(17-5-2-1-3-6-17)24(15-19)27(26)29(33)36/h1-13,19,23-24,26-27H,14-16H2,(H,32,34)/t19-,23+,24+,26+,27-/m0/s1. The van der Waals surface area contributed by atoms with Gasteiger partial charge in [-0.1, -0.05) is 48.0 Å². The topological polar surface area (TPSA) is 92.8 Å². The number of rotatable bonds is 6. The van der Waals surface area contributed by atoms with Crippen molar-refractivity contribution >= 4 is 46.7 Å². The maximum Gasteiger partial charge on any atom is 0.338 e. The summed E-state index contributed by atoms with van der Waals surface area (Å²) in [5.41, 5.74) is 2.26. The van der Waals surface area contributed by atoms with E-state index in [9.17, 15) is 19.2 Å². The number of imide groups is 1. The highest BCUT2D eigenvalue weighted by molar-refractivity contribution is 6.30. The first-order valence-electron chi connectivity index (χ1n) is 12.7. The highest BCUT2D eigenvalue weighted by Crippen LogP contribution is 2.61. The molecule has 7 nitrogen and oxygen atoms in total. The van der Waals surface area contributed by atoms with Crippen molar-refractivity contribution in [2.75, 3.05) is 16.8 Å². The Morgan fingerprint density at radius 1 is 0.895 bits per heavy atom. The van der Waals surface area contributed by atoms with Gasteiger partial charge in [0.05, 0.1) is 23.1 Å². The molecule has 2 bridgehead atoms. The highest BCUT2D eigenvalue weighted by Gasteiger charge is 2.64. The van der Waals surface area contributed by atoms with Crippen LogP contribution in [0.3, 0.4) is 0 Å². The van der Waals surface area contributed by atoms with Crippen LogP contribution in [0.2, 0.25) is 5.02 Å². The number of amides is 3. The molecule has 2 aliphatic carbocycles. The van der Waals surface area contributed by atoms with E-state index in [1.807, 2.05) is 18.2 Å². The van der Waals surface area contributed by atoms with Gasteiger partial charge in [-0.3, -0.25) is 19.3 Å². The molecule has 0 radical (unpaired) electrons. The average molecular weight is 529 g/mol. The van der Waals surface area contributed by atoms with Gasteiger partial charge in [0, 0.05) is 10.7 Å². The van der Waals surface area contributed by atoms with Crippen molar-refractivity contribution in [1.29, 1.82) is 0 Å². The third kappa shape index (κ3) is 4.27. The highest BCUT2D eigenvalue weighted by atomic mass is 35.5. The largest absolute Gasteiger partial charge is 0.452 e. The van der Waals surface area contributed by atoms with Crippen molar-refractivity contribution < 1.29 is 23.9 Å². The van der Waals surface area contributed by atoms with E-state index in [1.165, 1.54) is 22.6 Å². The molecule has 38 heavy (non-hydrogen) atoms. The maximum absolute atomic E-state index is 13.6. The molecular formula is C30H25ClN2O5. The quantitative estimate of drug-likeness (QED) is 0.356.